The lowest BCUT2D eigenvalue weighted by Gasteiger charge is -2.12. The Morgan fingerprint density at radius 2 is 1.59 bits per heavy atom. The highest BCUT2D eigenvalue weighted by atomic mass is 79.9. The molecule has 0 aliphatic heterocycles. The Bertz CT molecular complexity index is 1310. The van der Waals surface area contributed by atoms with E-state index in [4.69, 9.17) is 17.0 Å². The van der Waals surface area contributed by atoms with Crippen LogP contribution < -0.4 is 20.1 Å². The van der Waals surface area contributed by atoms with Gasteiger partial charge in [-0.2, -0.15) is 0 Å². The van der Waals surface area contributed by atoms with Gasteiger partial charge in [-0.1, -0.05) is 22.0 Å². The average Bonchev–Trinajstić information content (AvgIpc) is 2.74. The van der Waals surface area contributed by atoms with Gasteiger partial charge in [-0.05, 0) is 104 Å². The first-order valence-corrected chi connectivity index (χ1v) is 12.9. The summed E-state index contributed by atoms with van der Waals surface area (Å²) >= 11 is 8.57. The van der Waals surface area contributed by atoms with Gasteiger partial charge in [0, 0.05) is 15.8 Å². The van der Waals surface area contributed by atoms with Crippen LogP contribution in [0.25, 0.3) is 0 Å². The predicted octanol–water partition coefficient (Wildman–Crippen LogP) is 5.07. The first-order valence-electron chi connectivity index (χ1n) is 10.2. The molecule has 0 spiro atoms. The number of anilines is 2. The van der Waals surface area contributed by atoms with E-state index in [0.29, 0.717) is 17.1 Å². The zero-order valence-electron chi connectivity index (χ0n) is 18.8. The Morgan fingerprint density at radius 1 is 0.941 bits per heavy atom. The maximum absolute atomic E-state index is 12.7. The normalized spacial score (nSPS) is 10.9. The zero-order valence-corrected chi connectivity index (χ0v) is 22.0. The van der Waals surface area contributed by atoms with Crippen LogP contribution in [0.5, 0.6) is 5.75 Å². The number of carbonyl (C=O) groups is 1. The number of carbonyl (C=O) groups excluding carboxylic acids is 1. The molecule has 3 aromatic rings. The maximum Gasteiger partial charge on any atom is 0.264 e. The van der Waals surface area contributed by atoms with Gasteiger partial charge in [-0.15, -0.1) is 0 Å². The fourth-order valence-electron chi connectivity index (χ4n) is 3.15. The van der Waals surface area contributed by atoms with Gasteiger partial charge in [0.05, 0.1) is 4.90 Å². The molecule has 3 aromatic carbocycles. The molecule has 0 atom stereocenters. The van der Waals surface area contributed by atoms with Gasteiger partial charge in [0.1, 0.15) is 5.75 Å². The standard InChI is InChI=1S/C24H24BrN3O4S2/c1-15-10-16(2)12-19(11-15)28-34(30,31)21-7-4-18(5-8-21)26-24(33)27-23(29)14-32-20-6-9-22(25)17(3)13-20/h4-13,28H,14H2,1-3H3,(H2,26,27,29,33). The summed E-state index contributed by atoms with van der Waals surface area (Å²) in [6.07, 6.45) is 0. The summed E-state index contributed by atoms with van der Waals surface area (Å²) in [6.45, 7) is 5.53. The fraction of sp³-hybridized carbons (Fsp3) is 0.167. The van der Waals surface area contributed by atoms with E-state index in [1.807, 2.05) is 39.0 Å². The molecule has 34 heavy (non-hydrogen) atoms. The number of rotatable bonds is 7. The van der Waals surface area contributed by atoms with Crippen molar-refractivity contribution in [2.75, 3.05) is 16.6 Å². The molecule has 0 heterocycles. The number of benzene rings is 3. The van der Waals surface area contributed by atoms with Crippen molar-refractivity contribution in [2.45, 2.75) is 25.7 Å². The second kappa shape index (κ2) is 11.0. The van der Waals surface area contributed by atoms with Crippen LogP contribution in [0.4, 0.5) is 11.4 Å². The topological polar surface area (TPSA) is 96.5 Å². The van der Waals surface area contributed by atoms with Crippen LogP contribution in [0.3, 0.4) is 0 Å². The van der Waals surface area contributed by atoms with Crippen LogP contribution in [-0.4, -0.2) is 26.0 Å². The molecule has 0 aliphatic rings. The summed E-state index contributed by atoms with van der Waals surface area (Å²) in [7, 11) is -3.75. The predicted molar refractivity (Wildman–Crippen MR) is 142 cm³/mol. The molecule has 3 N–H and O–H groups in total. The molecule has 0 bridgehead atoms. The number of amides is 1. The van der Waals surface area contributed by atoms with E-state index >= 15 is 0 Å². The van der Waals surface area contributed by atoms with E-state index < -0.39 is 15.9 Å². The second-order valence-corrected chi connectivity index (χ2v) is 10.7. The van der Waals surface area contributed by atoms with Crippen molar-refractivity contribution in [1.29, 1.82) is 0 Å². The number of thiocarbonyl (C=S) groups is 1. The minimum absolute atomic E-state index is 0.0737. The average molecular weight is 563 g/mol. The first-order chi connectivity index (χ1) is 16.0. The van der Waals surface area contributed by atoms with Gasteiger partial charge in [0.2, 0.25) is 0 Å². The van der Waals surface area contributed by atoms with Crippen LogP contribution >= 0.6 is 28.1 Å². The van der Waals surface area contributed by atoms with E-state index in [1.165, 1.54) is 12.1 Å². The molecule has 0 aromatic heterocycles. The third kappa shape index (κ3) is 7.28. The van der Waals surface area contributed by atoms with Crippen molar-refractivity contribution >= 4 is 60.6 Å². The molecule has 0 fully saturated rings. The van der Waals surface area contributed by atoms with E-state index in [2.05, 4.69) is 31.3 Å². The molecule has 0 radical (unpaired) electrons. The lowest BCUT2D eigenvalue weighted by molar-refractivity contribution is -0.121. The first kappa shape index (κ1) is 25.7. The van der Waals surface area contributed by atoms with Crippen LogP contribution in [0.15, 0.2) is 70.0 Å². The molecule has 7 nitrogen and oxygen atoms in total. The van der Waals surface area contributed by atoms with Crippen LogP contribution in [0, 0.1) is 20.8 Å². The Balaban J connectivity index is 1.54. The zero-order chi connectivity index (χ0) is 24.9. The molecule has 178 valence electrons. The van der Waals surface area contributed by atoms with Crippen molar-refractivity contribution in [3.63, 3.8) is 0 Å². The monoisotopic (exact) mass is 561 g/mol. The van der Waals surface area contributed by atoms with Crippen molar-refractivity contribution in [1.82, 2.24) is 5.32 Å². The van der Waals surface area contributed by atoms with Gasteiger partial charge >= 0.3 is 0 Å². The van der Waals surface area contributed by atoms with Crippen molar-refractivity contribution in [3.8, 4) is 5.75 Å². The van der Waals surface area contributed by atoms with Gasteiger partial charge in [0.25, 0.3) is 15.9 Å². The third-order valence-electron chi connectivity index (χ3n) is 4.65. The Hall–Kier alpha value is -2.95. The summed E-state index contributed by atoms with van der Waals surface area (Å²) in [6, 6.07) is 17.0. The molecule has 1 amide bonds. The van der Waals surface area contributed by atoms with Gasteiger partial charge in [0.15, 0.2) is 11.7 Å². The smallest absolute Gasteiger partial charge is 0.264 e. The maximum atomic E-state index is 12.7. The molecule has 0 aliphatic carbocycles. The number of hydrogen-bond donors (Lipinski definition) is 3. The molecular formula is C24H24BrN3O4S2. The van der Waals surface area contributed by atoms with Crippen LogP contribution in [0.1, 0.15) is 16.7 Å². The lowest BCUT2D eigenvalue weighted by Crippen LogP contribution is -2.37. The van der Waals surface area contributed by atoms with Crippen LogP contribution in [0.2, 0.25) is 0 Å². The number of hydrogen-bond acceptors (Lipinski definition) is 5. The quantitative estimate of drug-likeness (QED) is 0.348. The van der Waals surface area contributed by atoms with E-state index in [0.717, 1.165) is 21.2 Å². The summed E-state index contributed by atoms with van der Waals surface area (Å²) in [5, 5.41) is 5.46. The Labute approximate surface area is 213 Å². The third-order valence-corrected chi connectivity index (χ3v) is 7.14. The highest BCUT2D eigenvalue weighted by Gasteiger charge is 2.15. The minimum Gasteiger partial charge on any atom is -0.484 e. The van der Waals surface area contributed by atoms with E-state index in [-0.39, 0.29) is 16.6 Å². The summed E-state index contributed by atoms with van der Waals surface area (Å²) < 4.78 is 34.4. The number of nitrogens with one attached hydrogen (secondary N) is 3. The molecule has 0 saturated heterocycles. The molecule has 3 rings (SSSR count). The van der Waals surface area contributed by atoms with Crippen molar-refractivity contribution in [2.24, 2.45) is 0 Å². The number of sulfonamides is 1. The second-order valence-electron chi connectivity index (χ2n) is 7.71. The number of halogens is 1. The summed E-state index contributed by atoms with van der Waals surface area (Å²) in [5.41, 5.74) is 3.95. The van der Waals surface area contributed by atoms with Crippen molar-refractivity contribution < 1.29 is 17.9 Å². The largest absolute Gasteiger partial charge is 0.484 e. The Morgan fingerprint density at radius 3 is 2.21 bits per heavy atom. The highest BCUT2D eigenvalue weighted by molar-refractivity contribution is 9.10. The molecule has 0 saturated carbocycles. The van der Waals surface area contributed by atoms with Gasteiger partial charge in [-0.3, -0.25) is 14.8 Å². The van der Waals surface area contributed by atoms with Gasteiger partial charge < -0.3 is 10.1 Å². The number of aryl methyl sites for hydroxylation is 3. The molecule has 0 unspecified atom stereocenters. The minimum atomic E-state index is -3.75. The van der Waals surface area contributed by atoms with E-state index in [9.17, 15) is 13.2 Å². The van der Waals surface area contributed by atoms with E-state index in [1.54, 1.807) is 30.3 Å². The van der Waals surface area contributed by atoms with Crippen LogP contribution in [-0.2, 0) is 14.8 Å². The Kier molecular flexibility index (Phi) is 8.29. The SMILES string of the molecule is Cc1cc(C)cc(NS(=O)(=O)c2ccc(NC(=S)NC(=O)COc3ccc(Br)c(C)c3)cc2)c1. The fourth-order valence-corrected chi connectivity index (χ4v) is 4.66. The molecular weight excluding hydrogens is 538 g/mol. The number of ether oxygens (including phenoxy) is 1. The summed E-state index contributed by atoms with van der Waals surface area (Å²) in [5.74, 6) is 0.149. The molecule has 10 heteroatoms. The van der Waals surface area contributed by atoms with Crippen molar-refractivity contribution in [3.05, 3.63) is 81.8 Å². The summed E-state index contributed by atoms with van der Waals surface area (Å²) in [4.78, 5) is 12.2. The van der Waals surface area contributed by atoms with Gasteiger partial charge in [-0.25, -0.2) is 8.42 Å². The highest BCUT2D eigenvalue weighted by Crippen LogP contribution is 2.22. The lowest BCUT2D eigenvalue weighted by atomic mass is 10.1.